The minimum atomic E-state index is -4.76. The van der Waals surface area contributed by atoms with Gasteiger partial charge in [-0.2, -0.15) is 0 Å². The minimum Gasteiger partial charge on any atom is -0.406 e. The summed E-state index contributed by atoms with van der Waals surface area (Å²) in [5.41, 5.74) is 0.354. The van der Waals surface area contributed by atoms with Crippen LogP contribution < -0.4 is 31.3 Å². The normalized spacial score (nSPS) is 22.4. The number of nitrogens with one attached hydrogen (secondary N) is 5. The quantitative estimate of drug-likeness (QED) is 0.375. The summed E-state index contributed by atoms with van der Waals surface area (Å²) in [6.45, 7) is 6.06. The standard InChI is InChI=1S/C20H33F3N6O2/c1-13(2)16-12-17(25-11-5-10-24-3)27-18(29(16)4)28-19(30)26-14-6-8-15(9-7-14)31-20(21,22)23/h6-9,13,16-18,24-25,27H,5,10-12H2,1-4H3,(H2,26,28,30). The van der Waals surface area contributed by atoms with E-state index in [0.29, 0.717) is 11.6 Å². The van der Waals surface area contributed by atoms with Gasteiger partial charge >= 0.3 is 12.4 Å². The van der Waals surface area contributed by atoms with Crippen molar-refractivity contribution in [1.29, 1.82) is 0 Å². The highest BCUT2D eigenvalue weighted by molar-refractivity contribution is 5.89. The van der Waals surface area contributed by atoms with Gasteiger partial charge in [-0.25, -0.2) is 4.79 Å². The van der Waals surface area contributed by atoms with Crippen LogP contribution in [0.15, 0.2) is 24.3 Å². The first kappa shape index (κ1) is 25.2. The van der Waals surface area contributed by atoms with E-state index in [1.807, 2.05) is 14.1 Å². The molecule has 11 heteroatoms. The van der Waals surface area contributed by atoms with Gasteiger partial charge in [0.2, 0.25) is 0 Å². The molecule has 31 heavy (non-hydrogen) atoms. The third-order valence-electron chi connectivity index (χ3n) is 5.14. The molecule has 1 heterocycles. The molecule has 176 valence electrons. The van der Waals surface area contributed by atoms with Gasteiger partial charge < -0.3 is 26.0 Å². The zero-order valence-electron chi connectivity index (χ0n) is 18.3. The third kappa shape index (κ3) is 8.52. The average Bonchev–Trinajstić information content (AvgIpc) is 2.67. The van der Waals surface area contributed by atoms with Crippen LogP contribution in [0.25, 0.3) is 0 Å². The number of ether oxygens (including phenoxy) is 1. The fraction of sp³-hybridized carbons (Fsp3) is 0.650. The van der Waals surface area contributed by atoms with E-state index in [-0.39, 0.29) is 18.0 Å². The Labute approximate surface area is 181 Å². The van der Waals surface area contributed by atoms with Gasteiger partial charge in [0.1, 0.15) is 12.0 Å². The summed E-state index contributed by atoms with van der Waals surface area (Å²) in [6.07, 6.45) is -3.23. The summed E-state index contributed by atoms with van der Waals surface area (Å²) in [5.74, 6) is 0.0429. The molecule has 0 saturated carbocycles. The van der Waals surface area contributed by atoms with Crippen LogP contribution in [-0.2, 0) is 0 Å². The van der Waals surface area contributed by atoms with Crippen molar-refractivity contribution in [2.24, 2.45) is 5.92 Å². The first-order chi connectivity index (χ1) is 14.6. The van der Waals surface area contributed by atoms with Crippen LogP contribution in [0, 0.1) is 5.92 Å². The molecule has 3 atom stereocenters. The summed E-state index contributed by atoms with van der Waals surface area (Å²) in [5, 5.41) is 15.5. The second-order valence-electron chi connectivity index (χ2n) is 7.92. The zero-order chi connectivity index (χ0) is 23.0. The molecule has 1 aromatic rings. The van der Waals surface area contributed by atoms with Gasteiger partial charge in [0, 0.05) is 11.7 Å². The maximum atomic E-state index is 12.5. The number of anilines is 1. The van der Waals surface area contributed by atoms with Gasteiger partial charge in [-0.05, 0) is 70.2 Å². The Morgan fingerprint density at radius 1 is 1.26 bits per heavy atom. The Kier molecular flexibility index (Phi) is 9.35. The lowest BCUT2D eigenvalue weighted by Gasteiger charge is -2.46. The Morgan fingerprint density at radius 2 is 1.94 bits per heavy atom. The summed E-state index contributed by atoms with van der Waals surface area (Å²) in [6, 6.07) is 4.78. The highest BCUT2D eigenvalue weighted by atomic mass is 19.4. The number of benzene rings is 1. The molecule has 0 aliphatic carbocycles. The number of hydrogen-bond acceptors (Lipinski definition) is 6. The van der Waals surface area contributed by atoms with Crippen LogP contribution in [0.2, 0.25) is 0 Å². The Morgan fingerprint density at radius 3 is 2.52 bits per heavy atom. The number of alkyl halides is 3. The van der Waals surface area contributed by atoms with Gasteiger partial charge in [-0.3, -0.25) is 10.2 Å². The van der Waals surface area contributed by atoms with E-state index in [4.69, 9.17) is 0 Å². The number of halogens is 3. The molecule has 1 aliphatic heterocycles. The fourth-order valence-electron chi connectivity index (χ4n) is 3.58. The monoisotopic (exact) mass is 446 g/mol. The second-order valence-corrected chi connectivity index (χ2v) is 7.92. The SMILES string of the molecule is CNCCCNC1CC(C(C)C)N(C)C(NC(=O)Nc2ccc(OC(F)(F)F)cc2)N1. The molecule has 1 saturated heterocycles. The van der Waals surface area contributed by atoms with Crippen LogP contribution in [0.5, 0.6) is 5.75 Å². The number of carbonyl (C=O) groups is 1. The number of amides is 2. The first-order valence-corrected chi connectivity index (χ1v) is 10.4. The molecule has 3 unspecified atom stereocenters. The largest absolute Gasteiger partial charge is 0.573 e. The molecule has 8 nitrogen and oxygen atoms in total. The molecule has 0 radical (unpaired) electrons. The lowest BCUT2D eigenvalue weighted by atomic mass is 9.96. The third-order valence-corrected chi connectivity index (χ3v) is 5.14. The number of nitrogens with zero attached hydrogens (tertiary/aromatic N) is 1. The topological polar surface area (TPSA) is 89.7 Å². The molecule has 5 N–H and O–H groups in total. The van der Waals surface area contributed by atoms with Crippen molar-refractivity contribution in [1.82, 2.24) is 26.2 Å². The maximum Gasteiger partial charge on any atom is 0.573 e. The second kappa shape index (κ2) is 11.5. The van der Waals surface area contributed by atoms with E-state index >= 15 is 0 Å². The zero-order valence-corrected chi connectivity index (χ0v) is 18.3. The van der Waals surface area contributed by atoms with Crippen molar-refractivity contribution in [3.05, 3.63) is 24.3 Å². The fourth-order valence-corrected chi connectivity index (χ4v) is 3.58. The molecule has 2 amide bonds. The first-order valence-electron chi connectivity index (χ1n) is 10.4. The van der Waals surface area contributed by atoms with E-state index < -0.39 is 18.7 Å². The van der Waals surface area contributed by atoms with E-state index in [1.54, 1.807) is 0 Å². The average molecular weight is 447 g/mol. The molecule has 1 aromatic carbocycles. The summed E-state index contributed by atoms with van der Waals surface area (Å²) in [7, 11) is 3.86. The Bertz CT molecular complexity index is 686. The van der Waals surface area contributed by atoms with Gasteiger partial charge in [0.25, 0.3) is 0 Å². The minimum absolute atomic E-state index is 0.0459. The van der Waals surface area contributed by atoms with E-state index in [1.165, 1.54) is 12.1 Å². The Hall–Kier alpha value is -2.08. The van der Waals surface area contributed by atoms with Crippen LogP contribution >= 0.6 is 0 Å². The number of carbonyl (C=O) groups excluding carboxylic acids is 1. The lowest BCUT2D eigenvalue weighted by molar-refractivity contribution is -0.274. The number of urea groups is 1. The predicted octanol–water partition coefficient (Wildman–Crippen LogP) is 2.47. The van der Waals surface area contributed by atoms with Gasteiger partial charge in [0.05, 0.1) is 6.17 Å². The van der Waals surface area contributed by atoms with Crippen LogP contribution in [0.4, 0.5) is 23.7 Å². The number of hydrogen-bond donors (Lipinski definition) is 5. The molecule has 0 spiro atoms. The highest BCUT2D eigenvalue weighted by Crippen LogP contribution is 2.24. The van der Waals surface area contributed by atoms with E-state index in [2.05, 4.69) is 50.1 Å². The highest BCUT2D eigenvalue weighted by Gasteiger charge is 2.35. The predicted molar refractivity (Wildman–Crippen MR) is 114 cm³/mol. The lowest BCUT2D eigenvalue weighted by Crippen LogP contribution is -2.69. The maximum absolute atomic E-state index is 12.5. The summed E-state index contributed by atoms with van der Waals surface area (Å²) < 4.78 is 40.6. The van der Waals surface area contributed by atoms with Crippen LogP contribution in [0.3, 0.4) is 0 Å². The van der Waals surface area contributed by atoms with Crippen molar-refractivity contribution in [2.75, 3.05) is 32.5 Å². The summed E-state index contributed by atoms with van der Waals surface area (Å²) in [4.78, 5) is 14.6. The molecule has 2 rings (SSSR count). The summed E-state index contributed by atoms with van der Waals surface area (Å²) >= 11 is 0. The molecule has 0 bridgehead atoms. The Balaban J connectivity index is 1.94. The van der Waals surface area contributed by atoms with Crippen LogP contribution in [-0.4, -0.2) is 63.0 Å². The smallest absolute Gasteiger partial charge is 0.406 e. The van der Waals surface area contributed by atoms with Gasteiger partial charge in [-0.1, -0.05) is 13.8 Å². The van der Waals surface area contributed by atoms with Crippen molar-refractivity contribution >= 4 is 11.7 Å². The molecule has 0 aromatic heterocycles. The van der Waals surface area contributed by atoms with Crippen molar-refractivity contribution in [3.63, 3.8) is 0 Å². The molecule has 1 aliphatic rings. The van der Waals surface area contributed by atoms with Gasteiger partial charge in [0.15, 0.2) is 0 Å². The van der Waals surface area contributed by atoms with Crippen molar-refractivity contribution in [3.8, 4) is 5.75 Å². The molecule has 1 fully saturated rings. The van der Waals surface area contributed by atoms with Gasteiger partial charge in [-0.15, -0.1) is 13.2 Å². The van der Waals surface area contributed by atoms with Crippen molar-refractivity contribution < 1.29 is 22.7 Å². The van der Waals surface area contributed by atoms with Crippen molar-refractivity contribution in [2.45, 2.75) is 51.5 Å². The van der Waals surface area contributed by atoms with Crippen LogP contribution in [0.1, 0.15) is 26.7 Å². The van der Waals surface area contributed by atoms with E-state index in [0.717, 1.165) is 38.1 Å². The number of rotatable bonds is 9. The molecular weight excluding hydrogens is 413 g/mol. The molecular formula is C20H33F3N6O2. The van der Waals surface area contributed by atoms with E-state index in [9.17, 15) is 18.0 Å².